The molecular formula is C16H19BrO2. The van der Waals surface area contributed by atoms with E-state index in [-0.39, 0.29) is 5.60 Å². The minimum atomic E-state index is -0.289. The molecule has 2 nitrogen and oxygen atoms in total. The van der Waals surface area contributed by atoms with Gasteiger partial charge in [-0.2, -0.15) is 0 Å². The Morgan fingerprint density at radius 3 is 2.21 bits per heavy atom. The third-order valence-corrected chi connectivity index (χ3v) is 3.35. The molecule has 0 saturated heterocycles. The van der Waals surface area contributed by atoms with Crippen LogP contribution in [-0.2, 0) is 21.7 Å². The summed E-state index contributed by atoms with van der Waals surface area (Å²) < 4.78 is 0. The van der Waals surface area contributed by atoms with E-state index in [1.165, 1.54) is 16.3 Å². The van der Waals surface area contributed by atoms with Gasteiger partial charge in [-0.25, -0.2) is 9.78 Å². The Labute approximate surface area is 122 Å². The molecule has 0 aliphatic rings. The molecule has 0 amide bonds. The van der Waals surface area contributed by atoms with Gasteiger partial charge in [0.25, 0.3) is 0 Å². The molecule has 0 aliphatic heterocycles. The van der Waals surface area contributed by atoms with Crippen LogP contribution >= 0.6 is 15.9 Å². The van der Waals surface area contributed by atoms with E-state index in [9.17, 15) is 0 Å². The van der Waals surface area contributed by atoms with Gasteiger partial charge in [-0.05, 0) is 42.7 Å². The predicted molar refractivity (Wildman–Crippen MR) is 82.2 cm³/mol. The molecule has 2 rings (SSSR count). The Morgan fingerprint density at radius 2 is 1.63 bits per heavy atom. The Kier molecular flexibility index (Phi) is 4.61. The maximum atomic E-state index is 5.38. The zero-order valence-corrected chi connectivity index (χ0v) is 13.2. The molecule has 0 radical (unpaired) electrons. The average molecular weight is 323 g/mol. The number of alkyl halides is 1. The maximum Gasteiger partial charge on any atom is 0.108 e. The molecule has 0 fully saturated rings. The number of hydrogen-bond acceptors (Lipinski definition) is 2. The third-order valence-electron chi connectivity index (χ3n) is 2.74. The SMILES string of the molecule is CC(C)(C)OOCc1cccc2cccc(CBr)c12. The van der Waals surface area contributed by atoms with Gasteiger partial charge in [0.15, 0.2) is 0 Å². The van der Waals surface area contributed by atoms with Crippen LogP contribution < -0.4 is 0 Å². The van der Waals surface area contributed by atoms with Crippen LogP contribution in [0.15, 0.2) is 36.4 Å². The van der Waals surface area contributed by atoms with E-state index >= 15 is 0 Å². The van der Waals surface area contributed by atoms with Crippen molar-refractivity contribution in [1.82, 2.24) is 0 Å². The van der Waals surface area contributed by atoms with E-state index in [1.54, 1.807) is 0 Å². The summed E-state index contributed by atoms with van der Waals surface area (Å²) >= 11 is 3.54. The van der Waals surface area contributed by atoms with Gasteiger partial charge >= 0.3 is 0 Å². The summed E-state index contributed by atoms with van der Waals surface area (Å²) in [6.45, 7) is 6.37. The molecule has 3 heteroatoms. The smallest absolute Gasteiger partial charge is 0.108 e. The monoisotopic (exact) mass is 322 g/mol. The van der Waals surface area contributed by atoms with E-state index in [4.69, 9.17) is 9.78 Å². The lowest BCUT2D eigenvalue weighted by Gasteiger charge is -2.18. The molecule has 0 N–H and O–H groups in total. The first-order chi connectivity index (χ1) is 9.01. The molecule has 0 unspecified atom stereocenters. The van der Waals surface area contributed by atoms with Crippen LogP contribution in [0, 0.1) is 0 Å². The van der Waals surface area contributed by atoms with Crippen molar-refractivity contribution in [3.63, 3.8) is 0 Å². The first-order valence-electron chi connectivity index (χ1n) is 6.37. The summed E-state index contributed by atoms with van der Waals surface area (Å²) in [7, 11) is 0. The molecule has 0 heterocycles. The van der Waals surface area contributed by atoms with Gasteiger partial charge in [0.1, 0.15) is 6.61 Å². The lowest BCUT2D eigenvalue weighted by Crippen LogP contribution is -2.19. The average Bonchev–Trinajstić information content (AvgIpc) is 2.36. The second kappa shape index (κ2) is 6.04. The van der Waals surface area contributed by atoms with Crippen LogP contribution in [-0.4, -0.2) is 5.60 Å². The quantitative estimate of drug-likeness (QED) is 0.449. The number of benzene rings is 2. The highest BCUT2D eigenvalue weighted by atomic mass is 79.9. The van der Waals surface area contributed by atoms with Gasteiger partial charge in [-0.15, -0.1) is 0 Å². The highest BCUT2D eigenvalue weighted by Gasteiger charge is 2.12. The van der Waals surface area contributed by atoms with Gasteiger partial charge in [-0.3, -0.25) is 0 Å². The lowest BCUT2D eigenvalue weighted by atomic mass is 10.0. The van der Waals surface area contributed by atoms with Crippen molar-refractivity contribution in [2.45, 2.75) is 38.3 Å². The highest BCUT2D eigenvalue weighted by Crippen LogP contribution is 2.25. The molecule has 0 bridgehead atoms. The van der Waals surface area contributed by atoms with Crippen molar-refractivity contribution >= 4 is 26.7 Å². The molecule has 0 aliphatic carbocycles. The maximum absolute atomic E-state index is 5.38. The van der Waals surface area contributed by atoms with E-state index in [2.05, 4.69) is 52.3 Å². The van der Waals surface area contributed by atoms with Crippen LogP contribution in [0.25, 0.3) is 10.8 Å². The standard InChI is InChI=1S/C16H19BrO2/c1-16(2,3)19-18-11-14-9-5-7-12-6-4-8-13(10-17)15(12)14/h4-9H,10-11H2,1-3H3. The number of fused-ring (bicyclic) bond motifs is 1. The Bertz CT molecular complexity index is 553. The zero-order valence-electron chi connectivity index (χ0n) is 11.6. The Hall–Kier alpha value is -0.900. The van der Waals surface area contributed by atoms with E-state index in [1.807, 2.05) is 20.8 Å². The van der Waals surface area contributed by atoms with Crippen molar-refractivity contribution in [1.29, 1.82) is 0 Å². The van der Waals surface area contributed by atoms with Crippen molar-refractivity contribution in [3.05, 3.63) is 47.5 Å². The van der Waals surface area contributed by atoms with E-state index in [0.717, 1.165) is 10.9 Å². The number of hydrogen-bond donors (Lipinski definition) is 0. The first-order valence-corrected chi connectivity index (χ1v) is 7.49. The summed E-state index contributed by atoms with van der Waals surface area (Å²) in [5, 5.41) is 3.31. The summed E-state index contributed by atoms with van der Waals surface area (Å²) in [5.41, 5.74) is 2.13. The largest absolute Gasteiger partial charge is 0.231 e. The highest BCUT2D eigenvalue weighted by molar-refractivity contribution is 9.08. The van der Waals surface area contributed by atoms with E-state index in [0.29, 0.717) is 6.61 Å². The van der Waals surface area contributed by atoms with Crippen LogP contribution in [0.3, 0.4) is 0 Å². The van der Waals surface area contributed by atoms with Crippen molar-refractivity contribution in [2.75, 3.05) is 0 Å². The first kappa shape index (κ1) is 14.5. The summed E-state index contributed by atoms with van der Waals surface area (Å²) in [6.07, 6.45) is 0. The van der Waals surface area contributed by atoms with Crippen molar-refractivity contribution in [3.8, 4) is 0 Å². The van der Waals surface area contributed by atoms with Crippen molar-refractivity contribution in [2.24, 2.45) is 0 Å². The third kappa shape index (κ3) is 3.78. The number of rotatable bonds is 4. The fraction of sp³-hybridized carbons (Fsp3) is 0.375. The molecule has 2 aromatic rings. The second-order valence-corrected chi connectivity index (χ2v) is 6.08. The molecule has 19 heavy (non-hydrogen) atoms. The van der Waals surface area contributed by atoms with Gasteiger partial charge < -0.3 is 0 Å². The molecular weight excluding hydrogens is 304 g/mol. The molecule has 0 atom stereocenters. The van der Waals surface area contributed by atoms with Crippen LogP contribution in [0.4, 0.5) is 0 Å². The second-order valence-electron chi connectivity index (χ2n) is 5.52. The summed E-state index contributed by atoms with van der Waals surface area (Å²) in [4.78, 5) is 10.7. The molecule has 102 valence electrons. The predicted octanol–water partition coefficient (Wildman–Crippen LogP) is 4.98. The van der Waals surface area contributed by atoms with E-state index < -0.39 is 0 Å². The minimum Gasteiger partial charge on any atom is -0.231 e. The normalized spacial score (nSPS) is 12.0. The van der Waals surface area contributed by atoms with Crippen LogP contribution in [0.5, 0.6) is 0 Å². The summed E-state index contributed by atoms with van der Waals surface area (Å²) in [6, 6.07) is 12.6. The minimum absolute atomic E-state index is 0.289. The van der Waals surface area contributed by atoms with Crippen molar-refractivity contribution < 1.29 is 9.78 Å². The van der Waals surface area contributed by atoms with Gasteiger partial charge in [-0.1, -0.05) is 52.3 Å². The molecule has 0 spiro atoms. The zero-order chi connectivity index (χ0) is 13.9. The Balaban J connectivity index is 2.27. The fourth-order valence-corrected chi connectivity index (χ4v) is 2.47. The lowest BCUT2D eigenvalue weighted by molar-refractivity contribution is -0.356. The van der Waals surface area contributed by atoms with Gasteiger partial charge in [0, 0.05) is 5.33 Å². The van der Waals surface area contributed by atoms with Crippen LogP contribution in [0.2, 0.25) is 0 Å². The topological polar surface area (TPSA) is 18.5 Å². The Morgan fingerprint density at radius 1 is 1.00 bits per heavy atom. The molecule has 0 aromatic heterocycles. The molecule has 2 aromatic carbocycles. The van der Waals surface area contributed by atoms with Crippen LogP contribution in [0.1, 0.15) is 31.9 Å². The fourth-order valence-electron chi connectivity index (χ4n) is 2.00. The molecule has 0 saturated carbocycles. The number of halogens is 1. The van der Waals surface area contributed by atoms with Gasteiger partial charge in [0.2, 0.25) is 0 Å². The van der Waals surface area contributed by atoms with Gasteiger partial charge in [0.05, 0.1) is 5.60 Å². The summed E-state index contributed by atoms with van der Waals surface area (Å²) in [5.74, 6) is 0.